The van der Waals surface area contributed by atoms with E-state index >= 15 is 0 Å². The van der Waals surface area contributed by atoms with Gasteiger partial charge in [0.25, 0.3) is 0 Å². The van der Waals surface area contributed by atoms with Crippen LogP contribution in [-0.2, 0) is 4.74 Å². The van der Waals surface area contributed by atoms with Crippen molar-refractivity contribution < 1.29 is 4.74 Å². The van der Waals surface area contributed by atoms with Crippen molar-refractivity contribution in [1.82, 2.24) is 0 Å². The molecule has 0 spiro atoms. The fourth-order valence-corrected chi connectivity index (χ4v) is 1.97. The van der Waals surface area contributed by atoms with Gasteiger partial charge < -0.3 is 10.1 Å². The van der Waals surface area contributed by atoms with Crippen molar-refractivity contribution in [2.75, 3.05) is 18.5 Å². The minimum atomic E-state index is 0.385. The van der Waals surface area contributed by atoms with E-state index in [1.165, 1.54) is 0 Å². The van der Waals surface area contributed by atoms with Gasteiger partial charge in [0.2, 0.25) is 0 Å². The van der Waals surface area contributed by atoms with Gasteiger partial charge >= 0.3 is 0 Å². The first-order valence-corrected chi connectivity index (χ1v) is 5.80. The maximum atomic E-state index is 5.93. The maximum Gasteiger partial charge on any atom is 0.0667 e. The Kier molecular flexibility index (Phi) is 3.73. The van der Waals surface area contributed by atoms with Crippen LogP contribution in [0.15, 0.2) is 18.2 Å². The maximum absolute atomic E-state index is 5.93. The molecule has 0 radical (unpaired) electrons. The average molecular weight is 246 g/mol. The smallest absolute Gasteiger partial charge is 0.0667 e. The van der Waals surface area contributed by atoms with Crippen LogP contribution in [0.25, 0.3) is 0 Å². The summed E-state index contributed by atoms with van der Waals surface area (Å²) in [6, 6.07) is 5.97. The first-order chi connectivity index (χ1) is 7.25. The molecule has 2 rings (SSSR count). The third kappa shape index (κ3) is 3.00. The number of anilines is 1. The quantitative estimate of drug-likeness (QED) is 0.861. The van der Waals surface area contributed by atoms with Gasteiger partial charge in [-0.15, -0.1) is 0 Å². The van der Waals surface area contributed by atoms with Gasteiger partial charge in [0, 0.05) is 18.3 Å². The van der Waals surface area contributed by atoms with Crippen LogP contribution in [0.5, 0.6) is 0 Å². The predicted molar refractivity (Wildman–Crippen MR) is 63.9 cm³/mol. The molecule has 1 aromatic carbocycles. The summed E-state index contributed by atoms with van der Waals surface area (Å²) in [5.41, 5.74) is 1.000. The SMILES string of the molecule is Clc1ccc(NC2CCCOC2)cc1Cl. The Hall–Kier alpha value is -0.440. The van der Waals surface area contributed by atoms with Gasteiger partial charge in [0.15, 0.2) is 0 Å². The van der Waals surface area contributed by atoms with Crippen LogP contribution in [-0.4, -0.2) is 19.3 Å². The predicted octanol–water partition coefficient (Wildman–Crippen LogP) is 3.58. The van der Waals surface area contributed by atoms with E-state index in [-0.39, 0.29) is 0 Å². The molecule has 1 unspecified atom stereocenters. The normalized spacial score (nSPS) is 21.3. The lowest BCUT2D eigenvalue weighted by atomic mass is 10.1. The molecular formula is C11H13Cl2NO. The van der Waals surface area contributed by atoms with Crippen LogP contribution in [0.4, 0.5) is 5.69 Å². The van der Waals surface area contributed by atoms with E-state index in [2.05, 4.69) is 5.32 Å². The van der Waals surface area contributed by atoms with Crippen molar-refractivity contribution >= 4 is 28.9 Å². The molecule has 1 aliphatic heterocycles. The number of benzene rings is 1. The van der Waals surface area contributed by atoms with Crippen LogP contribution < -0.4 is 5.32 Å². The fraction of sp³-hybridized carbons (Fsp3) is 0.455. The number of ether oxygens (including phenoxy) is 1. The zero-order valence-corrected chi connectivity index (χ0v) is 9.81. The molecule has 1 N–H and O–H groups in total. The first kappa shape index (κ1) is 11.1. The summed E-state index contributed by atoms with van der Waals surface area (Å²) in [6.07, 6.45) is 2.25. The Morgan fingerprint density at radius 1 is 1.27 bits per heavy atom. The van der Waals surface area contributed by atoms with Gasteiger partial charge in [-0.3, -0.25) is 0 Å². The molecule has 82 valence electrons. The molecule has 1 atom stereocenters. The Bertz CT molecular complexity index is 337. The Labute approximate surface area is 99.5 Å². The second-order valence-electron chi connectivity index (χ2n) is 3.69. The number of nitrogens with one attached hydrogen (secondary N) is 1. The minimum Gasteiger partial charge on any atom is -0.380 e. The van der Waals surface area contributed by atoms with Crippen molar-refractivity contribution in [1.29, 1.82) is 0 Å². The van der Waals surface area contributed by atoms with E-state index in [9.17, 15) is 0 Å². The summed E-state index contributed by atoms with van der Waals surface area (Å²) in [5, 5.41) is 4.55. The van der Waals surface area contributed by atoms with Crippen LogP contribution in [0, 0.1) is 0 Å². The standard InChI is InChI=1S/C11H13Cl2NO/c12-10-4-3-8(6-11(10)13)14-9-2-1-5-15-7-9/h3-4,6,9,14H,1-2,5,7H2. The van der Waals surface area contributed by atoms with E-state index in [0.717, 1.165) is 31.7 Å². The molecule has 1 aliphatic rings. The minimum absolute atomic E-state index is 0.385. The van der Waals surface area contributed by atoms with Crippen molar-refractivity contribution in [2.45, 2.75) is 18.9 Å². The lowest BCUT2D eigenvalue weighted by Gasteiger charge is -2.24. The molecule has 0 amide bonds. The summed E-state index contributed by atoms with van der Waals surface area (Å²) in [5.74, 6) is 0. The number of rotatable bonds is 2. The molecule has 0 saturated carbocycles. The average Bonchev–Trinajstić information content (AvgIpc) is 2.25. The summed E-state index contributed by atoms with van der Waals surface area (Å²) in [7, 11) is 0. The van der Waals surface area contributed by atoms with Crippen molar-refractivity contribution in [3.05, 3.63) is 28.2 Å². The van der Waals surface area contributed by atoms with Crippen molar-refractivity contribution in [3.63, 3.8) is 0 Å². The molecule has 15 heavy (non-hydrogen) atoms. The Balaban J connectivity index is 2.00. The van der Waals surface area contributed by atoms with Crippen molar-refractivity contribution in [2.24, 2.45) is 0 Å². The highest BCUT2D eigenvalue weighted by atomic mass is 35.5. The number of hydrogen-bond donors (Lipinski definition) is 1. The van der Waals surface area contributed by atoms with E-state index in [4.69, 9.17) is 27.9 Å². The van der Waals surface area contributed by atoms with Crippen LogP contribution >= 0.6 is 23.2 Å². The van der Waals surface area contributed by atoms with E-state index in [1.807, 2.05) is 12.1 Å². The third-order valence-electron chi connectivity index (χ3n) is 2.45. The first-order valence-electron chi connectivity index (χ1n) is 5.05. The number of hydrogen-bond acceptors (Lipinski definition) is 2. The molecule has 0 bridgehead atoms. The zero-order chi connectivity index (χ0) is 10.7. The largest absolute Gasteiger partial charge is 0.380 e. The zero-order valence-electron chi connectivity index (χ0n) is 8.30. The van der Waals surface area contributed by atoms with Gasteiger partial charge in [-0.05, 0) is 31.0 Å². The molecule has 1 aromatic rings. The molecule has 1 saturated heterocycles. The van der Waals surface area contributed by atoms with E-state index < -0.39 is 0 Å². The Morgan fingerprint density at radius 2 is 2.13 bits per heavy atom. The monoisotopic (exact) mass is 245 g/mol. The van der Waals surface area contributed by atoms with Crippen molar-refractivity contribution in [3.8, 4) is 0 Å². The number of halogens is 2. The van der Waals surface area contributed by atoms with Crippen LogP contribution in [0.3, 0.4) is 0 Å². The summed E-state index contributed by atoms with van der Waals surface area (Å²) in [4.78, 5) is 0. The summed E-state index contributed by atoms with van der Waals surface area (Å²) < 4.78 is 5.39. The third-order valence-corrected chi connectivity index (χ3v) is 3.19. The second kappa shape index (κ2) is 5.06. The van der Waals surface area contributed by atoms with Gasteiger partial charge in [0.05, 0.1) is 16.7 Å². The highest BCUT2D eigenvalue weighted by molar-refractivity contribution is 6.42. The molecule has 4 heteroatoms. The topological polar surface area (TPSA) is 21.3 Å². The lowest BCUT2D eigenvalue weighted by molar-refractivity contribution is 0.0876. The highest BCUT2D eigenvalue weighted by Crippen LogP contribution is 2.26. The van der Waals surface area contributed by atoms with Gasteiger partial charge in [-0.1, -0.05) is 23.2 Å². The lowest BCUT2D eigenvalue weighted by Crippen LogP contribution is -2.29. The summed E-state index contributed by atoms with van der Waals surface area (Å²) in [6.45, 7) is 1.64. The molecular weight excluding hydrogens is 233 g/mol. The van der Waals surface area contributed by atoms with E-state index in [0.29, 0.717) is 16.1 Å². The molecule has 1 heterocycles. The molecule has 1 fully saturated rings. The van der Waals surface area contributed by atoms with Gasteiger partial charge in [-0.2, -0.15) is 0 Å². The Morgan fingerprint density at radius 3 is 2.80 bits per heavy atom. The van der Waals surface area contributed by atoms with Crippen LogP contribution in [0.1, 0.15) is 12.8 Å². The second-order valence-corrected chi connectivity index (χ2v) is 4.50. The molecule has 0 aliphatic carbocycles. The van der Waals surface area contributed by atoms with E-state index in [1.54, 1.807) is 6.07 Å². The fourth-order valence-electron chi connectivity index (χ4n) is 1.68. The van der Waals surface area contributed by atoms with Gasteiger partial charge in [0.1, 0.15) is 0 Å². The molecule has 0 aromatic heterocycles. The summed E-state index contributed by atoms with van der Waals surface area (Å²) >= 11 is 11.8. The van der Waals surface area contributed by atoms with Gasteiger partial charge in [-0.25, -0.2) is 0 Å². The molecule has 2 nitrogen and oxygen atoms in total. The highest BCUT2D eigenvalue weighted by Gasteiger charge is 2.13. The van der Waals surface area contributed by atoms with Crippen LogP contribution in [0.2, 0.25) is 10.0 Å².